The number of carbonyl (C=O) groups excluding carboxylic acids is 2. The van der Waals surface area contributed by atoms with E-state index in [9.17, 15) is 19.7 Å². The number of para-hydroxylation sites is 2. The summed E-state index contributed by atoms with van der Waals surface area (Å²) in [4.78, 5) is 33.9. The molecule has 2 aromatic rings. The molecule has 2 aromatic carbocycles. The Bertz CT molecular complexity index is 990. The molecule has 0 bridgehead atoms. The Balaban J connectivity index is 2.09. The van der Waals surface area contributed by atoms with Crippen molar-refractivity contribution in [2.75, 3.05) is 20.3 Å². The summed E-state index contributed by atoms with van der Waals surface area (Å²) in [7, 11) is 1.20. The summed E-state index contributed by atoms with van der Waals surface area (Å²) in [5.41, 5.74) is 1.78. The number of amides is 1. The second kappa shape index (κ2) is 11.1. The van der Waals surface area contributed by atoms with Gasteiger partial charge in [0.25, 0.3) is 5.91 Å². The summed E-state index contributed by atoms with van der Waals surface area (Å²) in [6, 6.07) is 9.51. The number of hydrogen-bond acceptors (Lipinski definition) is 9. The topological polar surface area (TPSA) is 139 Å². The Morgan fingerprint density at radius 2 is 1.81 bits per heavy atom. The van der Waals surface area contributed by atoms with Gasteiger partial charge in [-0.2, -0.15) is 5.10 Å². The fourth-order valence-corrected chi connectivity index (χ4v) is 2.49. The third kappa shape index (κ3) is 6.42. The zero-order valence-electron chi connectivity index (χ0n) is 17.1. The van der Waals surface area contributed by atoms with Gasteiger partial charge in [0.1, 0.15) is 0 Å². The number of nitro groups is 1. The molecule has 0 saturated carbocycles. The Morgan fingerprint density at radius 1 is 1.13 bits per heavy atom. The van der Waals surface area contributed by atoms with Crippen LogP contribution in [0.15, 0.2) is 41.5 Å². The Labute approximate surface area is 177 Å². The van der Waals surface area contributed by atoms with Gasteiger partial charge in [0.15, 0.2) is 23.9 Å². The average Bonchev–Trinajstić information content (AvgIpc) is 2.73. The van der Waals surface area contributed by atoms with Gasteiger partial charge in [-0.05, 0) is 31.2 Å². The van der Waals surface area contributed by atoms with Crippen LogP contribution in [0.3, 0.4) is 0 Å². The van der Waals surface area contributed by atoms with Crippen LogP contribution >= 0.6 is 0 Å². The fraction of sp³-hybridized carbons (Fsp3) is 0.250. The van der Waals surface area contributed by atoms with Crippen molar-refractivity contribution in [2.45, 2.75) is 13.8 Å². The summed E-state index contributed by atoms with van der Waals surface area (Å²) in [5, 5.41) is 15.2. The molecule has 1 amide bonds. The molecule has 164 valence electrons. The first kappa shape index (κ1) is 23.1. The maximum atomic E-state index is 12.0. The van der Waals surface area contributed by atoms with E-state index in [4.69, 9.17) is 18.9 Å². The number of esters is 1. The summed E-state index contributed by atoms with van der Waals surface area (Å²) < 4.78 is 20.8. The van der Waals surface area contributed by atoms with Crippen LogP contribution < -0.4 is 24.4 Å². The molecule has 11 nitrogen and oxygen atoms in total. The number of carbonyl (C=O) groups is 2. The molecule has 2 rings (SSSR count). The molecule has 11 heteroatoms. The molecule has 0 unspecified atom stereocenters. The van der Waals surface area contributed by atoms with Crippen molar-refractivity contribution in [3.8, 4) is 23.0 Å². The van der Waals surface area contributed by atoms with Crippen LogP contribution in [0.4, 0.5) is 5.69 Å². The van der Waals surface area contributed by atoms with Crippen LogP contribution in [0.5, 0.6) is 23.0 Å². The highest BCUT2D eigenvalue weighted by atomic mass is 16.6. The molecular formula is C20H21N3O8. The van der Waals surface area contributed by atoms with Crippen LogP contribution in [0.1, 0.15) is 19.4 Å². The van der Waals surface area contributed by atoms with Gasteiger partial charge < -0.3 is 18.9 Å². The number of hydrazone groups is 1. The van der Waals surface area contributed by atoms with Crippen molar-refractivity contribution >= 4 is 23.8 Å². The van der Waals surface area contributed by atoms with Crippen LogP contribution in [-0.2, 0) is 9.59 Å². The Hall–Kier alpha value is -4.15. The zero-order valence-corrected chi connectivity index (χ0v) is 17.1. The number of benzene rings is 2. The molecule has 0 saturated heterocycles. The molecule has 0 atom stereocenters. The van der Waals surface area contributed by atoms with Crippen molar-refractivity contribution in [1.29, 1.82) is 0 Å². The van der Waals surface area contributed by atoms with E-state index in [1.54, 1.807) is 24.3 Å². The monoisotopic (exact) mass is 431 g/mol. The lowest BCUT2D eigenvalue weighted by Gasteiger charge is -2.11. The molecule has 0 aliphatic heterocycles. The van der Waals surface area contributed by atoms with Crippen molar-refractivity contribution in [3.63, 3.8) is 0 Å². The maximum Gasteiger partial charge on any atom is 0.323 e. The Kier molecular flexibility index (Phi) is 8.31. The van der Waals surface area contributed by atoms with E-state index in [1.165, 1.54) is 19.2 Å². The first-order chi connectivity index (χ1) is 14.9. The minimum absolute atomic E-state index is 0.0284. The predicted octanol–water partition coefficient (Wildman–Crippen LogP) is 2.46. The Morgan fingerprint density at radius 3 is 2.39 bits per heavy atom. The molecule has 0 heterocycles. The lowest BCUT2D eigenvalue weighted by molar-refractivity contribution is -0.385. The van der Waals surface area contributed by atoms with Gasteiger partial charge in [0, 0.05) is 6.92 Å². The van der Waals surface area contributed by atoms with Crippen LogP contribution in [-0.4, -0.2) is 43.3 Å². The van der Waals surface area contributed by atoms with Crippen molar-refractivity contribution in [1.82, 2.24) is 5.43 Å². The highest BCUT2D eigenvalue weighted by Crippen LogP contribution is 2.39. The normalized spacial score (nSPS) is 10.4. The van der Waals surface area contributed by atoms with Gasteiger partial charge in [-0.1, -0.05) is 12.1 Å². The largest absolute Gasteiger partial charge is 0.490 e. The number of methoxy groups -OCH3 is 1. The lowest BCUT2D eigenvalue weighted by atomic mass is 10.1. The van der Waals surface area contributed by atoms with Crippen LogP contribution in [0.2, 0.25) is 0 Å². The second-order valence-corrected chi connectivity index (χ2v) is 5.85. The first-order valence-electron chi connectivity index (χ1n) is 9.07. The van der Waals surface area contributed by atoms with E-state index in [1.807, 2.05) is 6.92 Å². The molecule has 0 fully saturated rings. The minimum Gasteiger partial charge on any atom is -0.490 e. The molecular weight excluding hydrogens is 410 g/mol. The zero-order chi connectivity index (χ0) is 22.8. The van der Waals surface area contributed by atoms with Gasteiger partial charge >= 0.3 is 11.7 Å². The number of rotatable bonds is 10. The number of nitrogens with one attached hydrogen (secondary N) is 1. The second-order valence-electron chi connectivity index (χ2n) is 5.85. The molecule has 1 N–H and O–H groups in total. The van der Waals surface area contributed by atoms with Crippen molar-refractivity contribution in [3.05, 3.63) is 52.1 Å². The molecule has 0 spiro atoms. The quantitative estimate of drug-likeness (QED) is 0.199. The third-order valence-corrected chi connectivity index (χ3v) is 3.67. The molecule has 0 aliphatic carbocycles. The van der Waals surface area contributed by atoms with Crippen LogP contribution in [0, 0.1) is 10.1 Å². The maximum absolute atomic E-state index is 12.0. The van der Waals surface area contributed by atoms with Gasteiger partial charge in [-0.3, -0.25) is 19.7 Å². The summed E-state index contributed by atoms with van der Waals surface area (Å²) in [6.45, 7) is 3.07. The van der Waals surface area contributed by atoms with E-state index < -0.39 is 22.5 Å². The fourth-order valence-electron chi connectivity index (χ4n) is 2.49. The highest BCUT2D eigenvalue weighted by molar-refractivity contribution is 5.90. The molecule has 0 aromatic heterocycles. The SMILES string of the molecule is CCOc1ccccc1OCC(=O)N/N=C\c1ccc(OC(C)=O)c(OC)c1[N+](=O)[O-]. The molecule has 31 heavy (non-hydrogen) atoms. The summed E-state index contributed by atoms with van der Waals surface area (Å²) >= 11 is 0. The van der Waals surface area contributed by atoms with Crippen LogP contribution in [0.25, 0.3) is 0 Å². The standard InChI is InChI=1S/C20H21N3O8/c1-4-29-15-7-5-6-8-16(15)30-12-18(25)22-21-11-14-9-10-17(31-13(2)24)20(28-3)19(14)23(26)27/h5-11H,4,12H2,1-3H3,(H,22,25)/b21-11-. The van der Waals surface area contributed by atoms with E-state index in [2.05, 4.69) is 10.5 Å². The number of hydrogen-bond donors (Lipinski definition) is 1. The molecule has 0 aliphatic rings. The number of nitrogens with zero attached hydrogens (tertiary/aromatic N) is 2. The highest BCUT2D eigenvalue weighted by Gasteiger charge is 2.25. The van der Waals surface area contributed by atoms with Gasteiger partial charge in [-0.25, -0.2) is 5.43 Å². The van der Waals surface area contributed by atoms with Gasteiger partial charge in [-0.15, -0.1) is 0 Å². The predicted molar refractivity (Wildman–Crippen MR) is 110 cm³/mol. The third-order valence-electron chi connectivity index (χ3n) is 3.67. The van der Waals surface area contributed by atoms with Gasteiger partial charge in [0.05, 0.1) is 30.4 Å². The first-order valence-corrected chi connectivity index (χ1v) is 9.07. The minimum atomic E-state index is -0.706. The van der Waals surface area contributed by atoms with Crippen molar-refractivity contribution < 1.29 is 33.5 Å². The van der Waals surface area contributed by atoms with E-state index in [-0.39, 0.29) is 23.7 Å². The molecule has 0 radical (unpaired) electrons. The lowest BCUT2D eigenvalue weighted by Crippen LogP contribution is -2.24. The van der Waals surface area contributed by atoms with E-state index in [0.29, 0.717) is 18.1 Å². The van der Waals surface area contributed by atoms with E-state index in [0.717, 1.165) is 13.1 Å². The number of nitro benzene ring substituents is 1. The summed E-state index contributed by atoms with van der Waals surface area (Å²) in [5.74, 6) is -0.710. The van der Waals surface area contributed by atoms with Crippen molar-refractivity contribution in [2.24, 2.45) is 5.10 Å². The van der Waals surface area contributed by atoms with Gasteiger partial charge in [0.2, 0.25) is 5.75 Å². The smallest absolute Gasteiger partial charge is 0.323 e. The van der Waals surface area contributed by atoms with E-state index >= 15 is 0 Å². The average molecular weight is 431 g/mol. The number of ether oxygens (including phenoxy) is 4. The summed E-state index contributed by atoms with van der Waals surface area (Å²) in [6.07, 6.45) is 1.07.